The van der Waals surface area contributed by atoms with Crippen molar-refractivity contribution in [2.24, 2.45) is 7.05 Å². The molecular weight excluding hydrogens is 328 g/mol. The molecule has 4 heterocycles. The highest BCUT2D eigenvalue weighted by atomic mass is 15.3. The van der Waals surface area contributed by atoms with Gasteiger partial charge in [0, 0.05) is 75.5 Å². The zero-order valence-electron chi connectivity index (χ0n) is 15.2. The van der Waals surface area contributed by atoms with Crippen molar-refractivity contribution >= 4 is 5.95 Å². The third-order valence-corrected chi connectivity index (χ3v) is 4.90. The summed E-state index contributed by atoms with van der Waals surface area (Å²) in [6.45, 7) is 5.48. The Bertz CT molecular complexity index is 853. The van der Waals surface area contributed by atoms with Gasteiger partial charge in [0.15, 0.2) is 0 Å². The second kappa shape index (κ2) is 7.25. The summed E-state index contributed by atoms with van der Waals surface area (Å²) in [5.74, 6) is 0.669. The summed E-state index contributed by atoms with van der Waals surface area (Å²) in [4.78, 5) is 15.6. The summed E-state index contributed by atoms with van der Waals surface area (Å²) in [6.07, 6.45) is 10.5. The number of aromatic nitrogens is 6. The molecule has 0 bridgehead atoms. The average Bonchev–Trinajstić information content (AvgIpc) is 3.27. The van der Waals surface area contributed by atoms with E-state index < -0.39 is 0 Å². The van der Waals surface area contributed by atoms with E-state index in [0.29, 0.717) is 12.0 Å². The van der Waals surface area contributed by atoms with Crippen LogP contribution in [0.15, 0.2) is 37.2 Å². The largest absolute Gasteiger partial charge is 0.353 e. The van der Waals surface area contributed by atoms with Crippen LogP contribution in [0.5, 0.6) is 0 Å². The summed E-state index contributed by atoms with van der Waals surface area (Å²) in [5, 5.41) is 7.78. The number of aryl methyl sites for hydroxylation is 2. The summed E-state index contributed by atoms with van der Waals surface area (Å²) in [7, 11) is 2.07. The number of fused-ring (bicyclic) bond motifs is 1. The lowest BCUT2D eigenvalue weighted by molar-refractivity contribution is 0.165. The Kier molecular flexibility index (Phi) is 4.66. The van der Waals surface area contributed by atoms with Gasteiger partial charge in [0.2, 0.25) is 5.95 Å². The molecule has 4 rings (SSSR count). The first-order chi connectivity index (χ1) is 12.7. The van der Waals surface area contributed by atoms with Crippen LogP contribution >= 0.6 is 0 Å². The Morgan fingerprint density at radius 3 is 2.85 bits per heavy atom. The fraction of sp³-hybridized carbons (Fsp3) is 0.444. The summed E-state index contributed by atoms with van der Waals surface area (Å²) >= 11 is 0. The van der Waals surface area contributed by atoms with Crippen molar-refractivity contribution in [1.82, 2.24) is 34.2 Å². The van der Waals surface area contributed by atoms with E-state index in [1.165, 1.54) is 17.0 Å². The van der Waals surface area contributed by atoms with Gasteiger partial charge in [0.25, 0.3) is 0 Å². The van der Waals surface area contributed by atoms with E-state index in [0.717, 1.165) is 32.6 Å². The minimum atomic E-state index is 0.340. The molecule has 1 aliphatic rings. The minimum Gasteiger partial charge on any atom is -0.353 e. The topological polar surface area (TPSA) is 76.7 Å². The Morgan fingerprint density at radius 1 is 1.23 bits per heavy atom. The monoisotopic (exact) mass is 352 g/mol. The highest BCUT2D eigenvalue weighted by Gasteiger charge is 2.29. The third-order valence-electron chi connectivity index (χ3n) is 4.90. The van der Waals surface area contributed by atoms with Crippen LogP contribution in [0.1, 0.15) is 23.9 Å². The van der Waals surface area contributed by atoms with Crippen molar-refractivity contribution < 1.29 is 0 Å². The number of hydrogen-bond acceptors (Lipinski definition) is 6. The molecule has 8 nitrogen and oxygen atoms in total. The lowest BCUT2D eigenvalue weighted by Gasteiger charge is -2.35. The lowest BCUT2D eigenvalue weighted by Crippen LogP contribution is -2.44. The van der Waals surface area contributed by atoms with Gasteiger partial charge in [-0.3, -0.25) is 9.58 Å². The maximum atomic E-state index is 4.58. The van der Waals surface area contributed by atoms with Crippen molar-refractivity contribution in [3.63, 3.8) is 0 Å². The van der Waals surface area contributed by atoms with Crippen LogP contribution in [-0.4, -0.2) is 46.8 Å². The molecule has 0 aliphatic carbocycles. The molecule has 0 amide bonds. The number of rotatable bonds is 6. The normalized spacial score (nSPS) is 17.2. The number of imidazole rings is 1. The van der Waals surface area contributed by atoms with Crippen LogP contribution in [0.3, 0.4) is 0 Å². The second-order valence-electron chi connectivity index (χ2n) is 6.67. The molecule has 1 N–H and O–H groups in total. The molecular formula is C18H24N8. The van der Waals surface area contributed by atoms with Gasteiger partial charge in [-0.15, -0.1) is 0 Å². The first kappa shape index (κ1) is 16.7. The number of nitrogens with zero attached hydrogens (tertiary/aromatic N) is 7. The molecule has 26 heavy (non-hydrogen) atoms. The SMILES string of the molecule is CCn1cc(CN2Cc3ncn(C)c3C[C@H]2CNc2ncccn2)cn1. The smallest absolute Gasteiger partial charge is 0.222 e. The summed E-state index contributed by atoms with van der Waals surface area (Å²) in [6, 6.07) is 2.16. The minimum absolute atomic E-state index is 0.340. The van der Waals surface area contributed by atoms with Crippen LogP contribution in [0.2, 0.25) is 0 Å². The van der Waals surface area contributed by atoms with E-state index in [1.54, 1.807) is 12.4 Å². The van der Waals surface area contributed by atoms with Crippen LogP contribution in [0.4, 0.5) is 5.95 Å². The average molecular weight is 352 g/mol. The molecule has 1 atom stereocenters. The highest BCUT2D eigenvalue weighted by Crippen LogP contribution is 2.24. The molecule has 3 aromatic rings. The van der Waals surface area contributed by atoms with Crippen molar-refractivity contribution in [2.45, 2.75) is 39.0 Å². The third kappa shape index (κ3) is 3.45. The zero-order valence-corrected chi connectivity index (χ0v) is 15.2. The van der Waals surface area contributed by atoms with Crippen molar-refractivity contribution in [3.8, 4) is 0 Å². The van der Waals surface area contributed by atoms with E-state index in [2.05, 4.69) is 55.0 Å². The van der Waals surface area contributed by atoms with Crippen molar-refractivity contribution in [3.05, 3.63) is 54.1 Å². The van der Waals surface area contributed by atoms with Crippen LogP contribution in [0.25, 0.3) is 0 Å². The molecule has 0 unspecified atom stereocenters. The molecule has 8 heteroatoms. The molecule has 0 fully saturated rings. The predicted molar refractivity (Wildman–Crippen MR) is 98.4 cm³/mol. The van der Waals surface area contributed by atoms with Crippen molar-refractivity contribution in [1.29, 1.82) is 0 Å². The predicted octanol–water partition coefficient (Wildman–Crippen LogP) is 1.47. The molecule has 3 aromatic heterocycles. The van der Waals surface area contributed by atoms with Crippen LogP contribution in [0, 0.1) is 0 Å². The second-order valence-corrected chi connectivity index (χ2v) is 6.67. The number of nitrogens with one attached hydrogen (secondary N) is 1. The maximum absolute atomic E-state index is 4.58. The lowest BCUT2D eigenvalue weighted by atomic mass is 10.0. The van der Waals surface area contributed by atoms with Crippen LogP contribution < -0.4 is 5.32 Å². The molecule has 136 valence electrons. The highest BCUT2D eigenvalue weighted by molar-refractivity contribution is 5.25. The summed E-state index contributed by atoms with van der Waals surface area (Å²) in [5.41, 5.74) is 3.71. The van der Waals surface area contributed by atoms with E-state index >= 15 is 0 Å². The molecule has 0 saturated carbocycles. The Balaban J connectivity index is 1.52. The molecule has 1 aliphatic heterocycles. The van der Waals surface area contributed by atoms with Gasteiger partial charge in [-0.25, -0.2) is 15.0 Å². The Morgan fingerprint density at radius 2 is 2.08 bits per heavy atom. The Hall–Kier alpha value is -2.74. The van der Waals surface area contributed by atoms with Gasteiger partial charge in [-0.05, 0) is 13.0 Å². The molecule has 0 aromatic carbocycles. The molecule has 0 saturated heterocycles. The van der Waals surface area contributed by atoms with Gasteiger partial charge in [-0.1, -0.05) is 0 Å². The molecule has 0 radical (unpaired) electrons. The fourth-order valence-electron chi connectivity index (χ4n) is 3.45. The first-order valence-electron chi connectivity index (χ1n) is 8.98. The number of anilines is 1. The van der Waals surface area contributed by atoms with E-state index in [-0.39, 0.29) is 0 Å². The maximum Gasteiger partial charge on any atom is 0.222 e. The first-order valence-corrected chi connectivity index (χ1v) is 8.98. The van der Waals surface area contributed by atoms with Gasteiger partial charge >= 0.3 is 0 Å². The molecule has 0 spiro atoms. The standard InChI is InChI=1S/C18H24N8/c1-3-26-11-14(8-23-26)10-25-12-16-17(24(2)13-22-16)7-15(25)9-21-18-19-5-4-6-20-18/h4-6,8,11,13,15H,3,7,9-10,12H2,1-2H3,(H,19,20,21)/t15-/m0/s1. The fourth-order valence-corrected chi connectivity index (χ4v) is 3.45. The zero-order chi connectivity index (χ0) is 17.9. The van der Waals surface area contributed by atoms with Gasteiger partial charge < -0.3 is 9.88 Å². The van der Waals surface area contributed by atoms with E-state index in [4.69, 9.17) is 0 Å². The van der Waals surface area contributed by atoms with Gasteiger partial charge in [0.05, 0.1) is 18.2 Å². The van der Waals surface area contributed by atoms with Crippen LogP contribution in [-0.2, 0) is 33.1 Å². The summed E-state index contributed by atoms with van der Waals surface area (Å²) < 4.78 is 4.10. The van der Waals surface area contributed by atoms with Gasteiger partial charge in [0.1, 0.15) is 0 Å². The van der Waals surface area contributed by atoms with E-state index in [9.17, 15) is 0 Å². The Labute approximate surface area is 152 Å². The quantitative estimate of drug-likeness (QED) is 0.724. The number of hydrogen-bond donors (Lipinski definition) is 1. The van der Waals surface area contributed by atoms with Crippen molar-refractivity contribution in [2.75, 3.05) is 11.9 Å². The van der Waals surface area contributed by atoms with Gasteiger partial charge in [-0.2, -0.15) is 5.10 Å². The van der Waals surface area contributed by atoms with E-state index in [1.807, 2.05) is 23.3 Å².